The number of hydrogen-bond donors (Lipinski definition) is 4. The van der Waals surface area contributed by atoms with E-state index in [4.69, 9.17) is 24.9 Å². The summed E-state index contributed by atoms with van der Waals surface area (Å²) in [6, 6.07) is 16.0. The van der Waals surface area contributed by atoms with Crippen LogP contribution in [0, 0.1) is 17.8 Å². The predicted molar refractivity (Wildman–Crippen MR) is 232 cm³/mol. The van der Waals surface area contributed by atoms with Crippen molar-refractivity contribution in [2.45, 2.75) is 65.1 Å². The van der Waals surface area contributed by atoms with E-state index in [1.807, 2.05) is 74.3 Å². The normalized spacial score (nSPS) is 18.8. The average Bonchev–Trinajstić information content (AvgIpc) is 4.07. The van der Waals surface area contributed by atoms with E-state index in [2.05, 4.69) is 52.0 Å². The van der Waals surface area contributed by atoms with Gasteiger partial charge in [-0.1, -0.05) is 63.3 Å². The molecule has 0 radical (unpaired) electrons. The van der Waals surface area contributed by atoms with Crippen LogP contribution in [0.2, 0.25) is 0 Å². The van der Waals surface area contributed by atoms with Crippen molar-refractivity contribution in [1.29, 1.82) is 0 Å². The highest BCUT2D eigenvalue weighted by molar-refractivity contribution is 5.94. The summed E-state index contributed by atoms with van der Waals surface area (Å²) in [7, 11) is 1.28. The molecule has 4 aliphatic rings. The highest BCUT2D eigenvalue weighted by atomic mass is 16.5. The zero-order valence-electron chi connectivity index (χ0n) is 35.0. The molecule has 4 aromatic rings. The minimum absolute atomic E-state index is 0.00790. The van der Waals surface area contributed by atoms with Gasteiger partial charge in [0.2, 0.25) is 17.6 Å². The minimum atomic E-state index is -0.775. The van der Waals surface area contributed by atoms with Crippen LogP contribution in [-0.4, -0.2) is 75.8 Å². The van der Waals surface area contributed by atoms with Crippen molar-refractivity contribution in [1.82, 2.24) is 25.1 Å². The Hall–Kier alpha value is -6.51. The Morgan fingerprint density at radius 2 is 1.74 bits per heavy atom. The zero-order chi connectivity index (χ0) is 42.9. The number of imidazole rings is 1. The maximum Gasteiger partial charge on any atom is 0.407 e. The van der Waals surface area contributed by atoms with E-state index in [-0.39, 0.29) is 42.2 Å². The number of amidine groups is 1. The number of nitrogens with two attached hydrogens (primary N) is 2. The standard InChI is InChI=1S/C47H52N8O6/c1-7-27(5)21-54(46(57)43(26(3)4)53-47(58)59-6)23-39-49-19-34(51-39)30-15-32-24-61-38-18-31(16-33-25-60-37(17-30)40(32)41(33)38)35-20-50-44(52-35)36-14-28(8-2)22-55(36)45(56)42(48)29-12-10-9-11-13-29/h7-13,15-20,26-28,36,42-43H,1-2,14,21-25,48H2,3-6H3,(H,49,51)(H,50,52)(H,53,58)/p+1/t27-,28+,36+,42-,43+/m1/s1. The first-order chi connectivity index (χ1) is 29.5. The summed E-state index contributed by atoms with van der Waals surface area (Å²) in [5.74, 6) is 2.56. The number of H-pyrrole nitrogens is 1. The number of carbonyl (C=O) groups is 3. The molecular weight excluding hydrogens is 773 g/mol. The van der Waals surface area contributed by atoms with Crippen LogP contribution in [0.5, 0.6) is 11.5 Å². The Bertz CT molecular complexity index is 2390. The number of rotatable bonds is 14. The van der Waals surface area contributed by atoms with E-state index < -0.39 is 18.2 Å². The van der Waals surface area contributed by atoms with Crippen molar-refractivity contribution < 1.29 is 33.9 Å². The Morgan fingerprint density at radius 1 is 1.05 bits per heavy atom. The predicted octanol–water partition coefficient (Wildman–Crippen LogP) is 5.44. The fraction of sp³-hybridized carbons (Fsp3) is 0.340. The topological polar surface area (TPSA) is 181 Å². The summed E-state index contributed by atoms with van der Waals surface area (Å²) in [5, 5.41) is 4.75. The Kier molecular flexibility index (Phi) is 11.6. The highest BCUT2D eigenvalue weighted by Crippen LogP contribution is 2.50. The Morgan fingerprint density at radius 3 is 2.39 bits per heavy atom. The van der Waals surface area contributed by atoms with Crippen molar-refractivity contribution in [3.8, 4) is 33.9 Å². The number of methoxy groups -OCH3 is 1. The van der Waals surface area contributed by atoms with Crippen molar-refractivity contribution >= 4 is 29.4 Å². The van der Waals surface area contributed by atoms with Crippen molar-refractivity contribution in [3.05, 3.63) is 120 Å². The lowest BCUT2D eigenvalue weighted by Crippen LogP contribution is -2.87. The summed E-state index contributed by atoms with van der Waals surface area (Å²) < 4.78 is 17.7. The molecule has 0 unspecified atom stereocenters. The van der Waals surface area contributed by atoms with Crippen molar-refractivity contribution in [2.24, 2.45) is 28.5 Å². The molecule has 0 spiro atoms. The van der Waals surface area contributed by atoms with Gasteiger partial charge < -0.3 is 40.0 Å². The molecule has 5 atom stereocenters. The number of quaternary nitrogens is 1. The zero-order valence-corrected chi connectivity index (χ0v) is 35.0. The molecule has 3 aromatic carbocycles. The molecular formula is C47H53N8O6+. The van der Waals surface area contributed by atoms with Gasteiger partial charge in [-0.2, -0.15) is 0 Å². The van der Waals surface area contributed by atoms with E-state index in [1.165, 1.54) is 7.11 Å². The maximum absolute atomic E-state index is 13.8. The second-order valence-electron chi connectivity index (χ2n) is 16.5. The Labute approximate surface area is 355 Å². The number of benzene rings is 3. The van der Waals surface area contributed by atoms with Gasteiger partial charge in [-0.15, -0.1) is 13.2 Å². The van der Waals surface area contributed by atoms with Crippen LogP contribution < -0.4 is 25.8 Å². The third-order valence-electron chi connectivity index (χ3n) is 12.0. The molecule has 1 aromatic heterocycles. The molecule has 14 nitrogen and oxygen atoms in total. The second-order valence-corrected chi connectivity index (χ2v) is 16.5. The van der Waals surface area contributed by atoms with Crippen LogP contribution in [0.4, 0.5) is 4.79 Å². The lowest BCUT2D eigenvalue weighted by atomic mass is 9.87. The second kappa shape index (κ2) is 17.2. The number of nitrogens with zero attached hydrogens (tertiary/aromatic N) is 4. The Balaban J connectivity index is 0.992. The van der Waals surface area contributed by atoms with Gasteiger partial charge in [0, 0.05) is 46.5 Å². The van der Waals surface area contributed by atoms with Crippen LogP contribution in [0.15, 0.2) is 97.3 Å². The fourth-order valence-corrected chi connectivity index (χ4v) is 8.59. The smallest absolute Gasteiger partial charge is 0.407 e. The molecule has 0 aliphatic carbocycles. The van der Waals surface area contributed by atoms with Gasteiger partial charge in [0.1, 0.15) is 48.7 Å². The van der Waals surface area contributed by atoms with Crippen molar-refractivity contribution in [3.63, 3.8) is 0 Å². The third-order valence-corrected chi connectivity index (χ3v) is 12.0. The molecule has 1 fully saturated rings. The summed E-state index contributed by atoms with van der Waals surface area (Å²) >= 11 is 0. The lowest BCUT2D eigenvalue weighted by molar-refractivity contribution is -0.435. The van der Waals surface area contributed by atoms with Gasteiger partial charge in [0.15, 0.2) is 5.70 Å². The van der Waals surface area contributed by atoms with Crippen LogP contribution in [-0.2, 0) is 34.1 Å². The van der Waals surface area contributed by atoms with Crippen LogP contribution in [0.1, 0.15) is 61.3 Å². The summed E-state index contributed by atoms with van der Waals surface area (Å²) in [4.78, 5) is 56.2. The van der Waals surface area contributed by atoms with E-state index in [0.717, 1.165) is 74.1 Å². The number of carbonyl (C=O) groups excluding carboxylic acids is 3. The van der Waals surface area contributed by atoms with Gasteiger partial charge in [-0.3, -0.25) is 14.9 Å². The first kappa shape index (κ1) is 41.2. The quantitative estimate of drug-likeness (QED) is 0.121. The lowest BCUT2D eigenvalue weighted by Gasteiger charge is -2.30. The number of aromatic nitrogens is 2. The number of aromatic amines is 1. The van der Waals surface area contributed by atoms with E-state index >= 15 is 0 Å². The van der Waals surface area contributed by atoms with Gasteiger partial charge >= 0.3 is 6.09 Å². The highest BCUT2D eigenvalue weighted by Gasteiger charge is 2.43. The molecule has 0 saturated carbocycles. The number of likely N-dealkylation sites (tertiary alicyclic amines) is 1. The SMILES string of the molecule is C=C[C@H]1C[C@@H](C2=NC=C(c3cc4c5c(c3)OCc3cc(-c6cnc(CN(C[C@H](C)C=C)C(=O)[C@@H](NC(=O)OC)C(C)C)[nH]6)cc(c3-5)OC4)[NH2+]2)N(C(=O)[C@H](N)c2ccccc2)C1. The molecule has 3 amide bonds. The first-order valence-corrected chi connectivity index (χ1v) is 20.7. The summed E-state index contributed by atoms with van der Waals surface area (Å²) in [5.41, 5.74) is 14.8. The molecule has 1 saturated heterocycles. The number of alkyl carbamates (subject to hydrolysis) is 1. The van der Waals surface area contributed by atoms with E-state index in [9.17, 15) is 14.4 Å². The van der Waals surface area contributed by atoms with Crippen LogP contribution >= 0.6 is 0 Å². The number of ether oxygens (including phenoxy) is 3. The molecule has 0 bridgehead atoms. The van der Waals surface area contributed by atoms with Gasteiger partial charge in [-0.05, 0) is 54.0 Å². The molecule has 316 valence electrons. The molecule has 8 rings (SSSR count). The summed E-state index contributed by atoms with van der Waals surface area (Å²) in [6.45, 7) is 15.5. The molecule has 61 heavy (non-hydrogen) atoms. The average molecular weight is 826 g/mol. The fourth-order valence-electron chi connectivity index (χ4n) is 8.59. The number of amides is 3. The third kappa shape index (κ3) is 8.20. The molecule has 4 aliphatic heterocycles. The maximum atomic E-state index is 13.8. The number of nitrogens with one attached hydrogen (secondary N) is 2. The van der Waals surface area contributed by atoms with Crippen LogP contribution in [0.3, 0.4) is 0 Å². The molecule has 6 N–H and O–H groups in total. The summed E-state index contributed by atoms with van der Waals surface area (Å²) in [6.07, 6.45) is 7.38. The van der Waals surface area contributed by atoms with Gasteiger partial charge in [0.05, 0.1) is 31.7 Å². The largest absolute Gasteiger partial charge is 0.488 e. The first-order valence-electron chi connectivity index (χ1n) is 20.7. The number of hydrogen-bond acceptors (Lipinski definition) is 9. The molecule has 14 heteroatoms. The van der Waals surface area contributed by atoms with Gasteiger partial charge in [0.25, 0.3) is 0 Å². The van der Waals surface area contributed by atoms with Crippen molar-refractivity contribution in [2.75, 3.05) is 20.2 Å². The van der Waals surface area contributed by atoms with Gasteiger partial charge in [-0.25, -0.2) is 14.8 Å². The monoisotopic (exact) mass is 825 g/mol. The minimum Gasteiger partial charge on any atom is -0.488 e. The van der Waals surface area contributed by atoms with E-state index in [1.54, 1.807) is 17.2 Å². The number of aliphatic imine (C=N–C) groups is 1. The van der Waals surface area contributed by atoms with E-state index in [0.29, 0.717) is 32.1 Å². The molecule has 5 heterocycles. The van der Waals surface area contributed by atoms with Crippen LogP contribution in [0.25, 0.3) is 28.1 Å².